The Balaban J connectivity index is 3.15. The summed E-state index contributed by atoms with van der Waals surface area (Å²) in [5.74, 6) is 0.885. The topological polar surface area (TPSA) is 35.5 Å². The molecule has 0 rings (SSSR count). The average molecular weight is 202 g/mol. The summed E-state index contributed by atoms with van der Waals surface area (Å²) in [6.07, 6.45) is 2.08. The van der Waals surface area contributed by atoms with Crippen LogP contribution in [0.25, 0.3) is 0 Å². The van der Waals surface area contributed by atoms with Crippen LogP contribution in [0.1, 0.15) is 33.1 Å². The molecule has 0 unspecified atom stereocenters. The summed E-state index contributed by atoms with van der Waals surface area (Å²) in [5.41, 5.74) is 0. The first kappa shape index (κ1) is 13.6. The van der Waals surface area contributed by atoms with Crippen LogP contribution in [0.3, 0.4) is 0 Å². The van der Waals surface area contributed by atoms with Gasteiger partial charge in [-0.15, -0.1) is 0 Å². The van der Waals surface area contributed by atoms with Gasteiger partial charge in [0.25, 0.3) is 0 Å². The maximum Gasteiger partial charge on any atom is 0.137 e. The van der Waals surface area contributed by atoms with E-state index in [0.29, 0.717) is 32.0 Å². The zero-order valence-corrected chi connectivity index (χ0v) is 9.54. The van der Waals surface area contributed by atoms with E-state index in [1.54, 1.807) is 7.11 Å². The quantitative estimate of drug-likeness (QED) is 0.537. The maximum atomic E-state index is 11.1. The Labute approximate surface area is 86.8 Å². The van der Waals surface area contributed by atoms with Crippen LogP contribution in [0, 0.1) is 5.92 Å². The summed E-state index contributed by atoms with van der Waals surface area (Å²) >= 11 is 0. The molecule has 0 aliphatic heterocycles. The minimum absolute atomic E-state index is 0.219. The monoisotopic (exact) mass is 202 g/mol. The van der Waals surface area contributed by atoms with E-state index in [1.165, 1.54) is 0 Å². The number of carbonyl (C=O) groups excluding carboxylic acids is 1. The zero-order chi connectivity index (χ0) is 10.8. The van der Waals surface area contributed by atoms with Gasteiger partial charge < -0.3 is 9.47 Å². The summed E-state index contributed by atoms with van der Waals surface area (Å²) < 4.78 is 10.1. The molecule has 0 N–H and O–H groups in total. The maximum absolute atomic E-state index is 11.1. The molecule has 0 aromatic carbocycles. The number of hydrogen-bond donors (Lipinski definition) is 0. The third kappa shape index (κ3) is 9.68. The van der Waals surface area contributed by atoms with Crippen molar-refractivity contribution in [2.24, 2.45) is 5.92 Å². The van der Waals surface area contributed by atoms with Crippen molar-refractivity contribution >= 4 is 5.78 Å². The number of Topliss-reactive ketones (excluding diaryl/α,β-unsaturated/α-hetero) is 1. The lowest BCUT2D eigenvalue weighted by molar-refractivity contribution is -0.121. The van der Waals surface area contributed by atoms with E-state index in [1.807, 2.05) is 0 Å². The first-order chi connectivity index (χ1) is 6.66. The normalized spacial score (nSPS) is 10.9. The number of methoxy groups -OCH3 is 1. The Hall–Kier alpha value is -0.410. The molecular weight excluding hydrogens is 180 g/mol. The molecule has 84 valence electrons. The Kier molecular flexibility index (Phi) is 8.89. The molecule has 0 saturated carbocycles. The van der Waals surface area contributed by atoms with Gasteiger partial charge in [0.2, 0.25) is 0 Å². The molecule has 0 amide bonds. The summed E-state index contributed by atoms with van der Waals surface area (Å²) in [6.45, 7) is 6.15. The van der Waals surface area contributed by atoms with Crippen LogP contribution in [0.4, 0.5) is 0 Å². The van der Waals surface area contributed by atoms with Crippen LogP contribution >= 0.6 is 0 Å². The Morgan fingerprint density at radius 2 is 1.79 bits per heavy atom. The first-order valence-electron chi connectivity index (χ1n) is 5.25. The zero-order valence-electron chi connectivity index (χ0n) is 9.54. The number of carbonyl (C=O) groups is 1. The highest BCUT2D eigenvalue weighted by atomic mass is 16.5. The van der Waals surface area contributed by atoms with Crippen LogP contribution in [0.5, 0.6) is 0 Å². The van der Waals surface area contributed by atoms with Gasteiger partial charge in [0.15, 0.2) is 0 Å². The number of ketones is 1. The minimum Gasteiger partial charge on any atom is -0.384 e. The van der Waals surface area contributed by atoms with E-state index in [4.69, 9.17) is 9.47 Å². The highest BCUT2D eigenvalue weighted by molar-refractivity contribution is 5.78. The van der Waals surface area contributed by atoms with Crippen LogP contribution in [0.2, 0.25) is 0 Å². The van der Waals surface area contributed by atoms with E-state index in [0.717, 1.165) is 13.0 Å². The van der Waals surface area contributed by atoms with E-state index in [9.17, 15) is 4.79 Å². The molecule has 0 heterocycles. The van der Waals surface area contributed by atoms with Crippen molar-refractivity contribution in [2.75, 3.05) is 26.9 Å². The smallest absolute Gasteiger partial charge is 0.137 e. The molecule has 0 aromatic rings. The molecule has 0 aromatic heterocycles. The molecule has 0 fully saturated rings. The molecule has 0 bridgehead atoms. The van der Waals surface area contributed by atoms with Gasteiger partial charge in [0, 0.05) is 26.6 Å². The van der Waals surface area contributed by atoms with Crippen molar-refractivity contribution in [3.8, 4) is 0 Å². The lowest BCUT2D eigenvalue weighted by Crippen LogP contribution is -2.08. The van der Waals surface area contributed by atoms with Gasteiger partial charge in [-0.2, -0.15) is 0 Å². The molecule has 0 aliphatic carbocycles. The van der Waals surface area contributed by atoms with Crippen molar-refractivity contribution in [3.63, 3.8) is 0 Å². The third-order valence-electron chi connectivity index (χ3n) is 1.95. The largest absolute Gasteiger partial charge is 0.384 e. The second-order valence-electron chi connectivity index (χ2n) is 3.83. The van der Waals surface area contributed by atoms with Gasteiger partial charge in [-0.3, -0.25) is 4.79 Å². The van der Waals surface area contributed by atoms with E-state index < -0.39 is 0 Å². The molecule has 0 radical (unpaired) electrons. The van der Waals surface area contributed by atoms with Crippen molar-refractivity contribution in [2.45, 2.75) is 33.1 Å². The summed E-state index contributed by atoms with van der Waals surface area (Å²) in [7, 11) is 1.60. The second kappa shape index (κ2) is 9.16. The lowest BCUT2D eigenvalue weighted by Gasteiger charge is -2.05. The van der Waals surface area contributed by atoms with Crippen LogP contribution in [-0.4, -0.2) is 32.7 Å². The van der Waals surface area contributed by atoms with Crippen LogP contribution in [-0.2, 0) is 14.3 Å². The van der Waals surface area contributed by atoms with Crippen LogP contribution in [0.15, 0.2) is 0 Å². The van der Waals surface area contributed by atoms with Crippen molar-refractivity contribution in [3.05, 3.63) is 0 Å². The highest BCUT2D eigenvalue weighted by Crippen LogP contribution is 1.99. The van der Waals surface area contributed by atoms with Gasteiger partial charge in [-0.05, 0) is 12.3 Å². The van der Waals surface area contributed by atoms with Gasteiger partial charge in [-0.25, -0.2) is 0 Å². The Morgan fingerprint density at radius 3 is 2.36 bits per heavy atom. The van der Waals surface area contributed by atoms with Gasteiger partial charge in [-0.1, -0.05) is 13.8 Å². The number of ether oxygens (including phenoxy) is 2. The predicted octanol–water partition coefficient (Wildman–Crippen LogP) is 2.04. The molecule has 3 nitrogen and oxygen atoms in total. The molecule has 0 spiro atoms. The molecule has 0 atom stereocenters. The number of rotatable bonds is 9. The lowest BCUT2D eigenvalue weighted by atomic mass is 10.1. The van der Waals surface area contributed by atoms with Crippen LogP contribution < -0.4 is 0 Å². The standard InChI is InChI=1S/C11H22O3/c1-10(2)4-8-14-9-6-11(12)5-7-13-3/h10H,4-9H2,1-3H3. The fraction of sp³-hybridized carbons (Fsp3) is 0.909. The highest BCUT2D eigenvalue weighted by Gasteiger charge is 2.01. The third-order valence-corrected chi connectivity index (χ3v) is 1.95. The van der Waals surface area contributed by atoms with E-state index in [2.05, 4.69) is 13.8 Å². The van der Waals surface area contributed by atoms with Gasteiger partial charge >= 0.3 is 0 Å². The fourth-order valence-electron chi connectivity index (χ4n) is 0.948. The summed E-state index contributed by atoms with van der Waals surface area (Å²) in [4.78, 5) is 11.1. The second-order valence-corrected chi connectivity index (χ2v) is 3.83. The van der Waals surface area contributed by atoms with Crippen molar-refractivity contribution in [1.29, 1.82) is 0 Å². The molecule has 3 heteroatoms. The number of hydrogen-bond acceptors (Lipinski definition) is 3. The van der Waals surface area contributed by atoms with Gasteiger partial charge in [0.05, 0.1) is 13.2 Å². The van der Waals surface area contributed by atoms with Gasteiger partial charge in [0.1, 0.15) is 5.78 Å². The molecule has 14 heavy (non-hydrogen) atoms. The summed E-state index contributed by atoms with van der Waals surface area (Å²) in [5, 5.41) is 0. The Bertz CT molecular complexity index is 143. The van der Waals surface area contributed by atoms with Crippen molar-refractivity contribution in [1.82, 2.24) is 0 Å². The minimum atomic E-state index is 0.219. The van der Waals surface area contributed by atoms with Crippen molar-refractivity contribution < 1.29 is 14.3 Å². The molecule has 0 saturated heterocycles. The molecular formula is C11H22O3. The van der Waals surface area contributed by atoms with E-state index in [-0.39, 0.29) is 5.78 Å². The Morgan fingerprint density at radius 1 is 1.14 bits per heavy atom. The fourth-order valence-corrected chi connectivity index (χ4v) is 0.948. The predicted molar refractivity (Wildman–Crippen MR) is 56.4 cm³/mol. The SMILES string of the molecule is COCCC(=O)CCOCCC(C)C. The van der Waals surface area contributed by atoms with E-state index >= 15 is 0 Å². The summed E-state index contributed by atoms with van der Waals surface area (Å²) in [6, 6.07) is 0. The average Bonchev–Trinajstić information content (AvgIpc) is 2.13. The molecule has 0 aliphatic rings. The first-order valence-corrected chi connectivity index (χ1v) is 5.25.